The van der Waals surface area contributed by atoms with Gasteiger partial charge in [0, 0.05) is 11.8 Å². The Morgan fingerprint density at radius 3 is 2.76 bits per heavy atom. The summed E-state index contributed by atoms with van der Waals surface area (Å²) >= 11 is 5.36. The van der Waals surface area contributed by atoms with Crippen molar-refractivity contribution in [3.05, 3.63) is 66.7 Å². The highest BCUT2D eigenvalue weighted by Crippen LogP contribution is 2.18. The number of thiocarbonyl (C=S) groups is 1. The van der Waals surface area contributed by atoms with Crippen molar-refractivity contribution in [1.82, 2.24) is 5.32 Å². The van der Waals surface area contributed by atoms with E-state index in [0.29, 0.717) is 18.3 Å². The van der Waals surface area contributed by atoms with E-state index >= 15 is 0 Å². The lowest BCUT2D eigenvalue weighted by atomic mass is 10.2. The predicted molar refractivity (Wildman–Crippen MR) is 108 cm³/mol. The van der Waals surface area contributed by atoms with Gasteiger partial charge in [0.25, 0.3) is 0 Å². The minimum absolute atomic E-state index is 0.0693. The van der Waals surface area contributed by atoms with E-state index in [0.717, 1.165) is 22.7 Å². The number of benzene rings is 2. The van der Waals surface area contributed by atoms with Gasteiger partial charge in [-0.2, -0.15) is 0 Å². The lowest BCUT2D eigenvalue weighted by Crippen LogP contribution is -2.39. The molecule has 0 saturated heterocycles. The first kappa shape index (κ1) is 18.8. The summed E-state index contributed by atoms with van der Waals surface area (Å²) in [5.74, 6) is 1.66. The molecule has 2 rings (SSSR count). The average molecular weight is 356 g/mol. The number of hydrogen-bond acceptors (Lipinski definition) is 3. The number of para-hydroxylation sites is 1. The van der Waals surface area contributed by atoms with E-state index in [-0.39, 0.29) is 6.04 Å². The molecule has 132 valence electrons. The average Bonchev–Trinajstić information content (AvgIpc) is 2.59. The first-order valence-corrected chi connectivity index (χ1v) is 8.59. The van der Waals surface area contributed by atoms with Gasteiger partial charge in [-0.25, -0.2) is 0 Å². The van der Waals surface area contributed by atoms with Gasteiger partial charge in [-0.1, -0.05) is 36.9 Å². The van der Waals surface area contributed by atoms with E-state index in [2.05, 4.69) is 17.2 Å². The molecule has 2 aromatic carbocycles. The highest BCUT2D eigenvalue weighted by atomic mass is 32.1. The highest BCUT2D eigenvalue weighted by Gasteiger charge is 2.07. The molecule has 2 N–H and O–H groups in total. The zero-order valence-corrected chi connectivity index (χ0v) is 15.4. The minimum Gasteiger partial charge on any atom is -0.491 e. The van der Waals surface area contributed by atoms with Crippen LogP contribution in [-0.4, -0.2) is 24.4 Å². The zero-order chi connectivity index (χ0) is 18.1. The van der Waals surface area contributed by atoms with Crippen molar-refractivity contribution >= 4 is 23.0 Å². The summed E-state index contributed by atoms with van der Waals surface area (Å²) in [6, 6.07) is 15.7. The number of anilines is 1. The molecule has 0 fully saturated rings. The molecule has 1 atom stereocenters. The third-order valence-corrected chi connectivity index (χ3v) is 3.64. The Morgan fingerprint density at radius 1 is 1.20 bits per heavy atom. The second-order valence-corrected chi connectivity index (χ2v) is 6.11. The van der Waals surface area contributed by atoms with E-state index in [1.54, 1.807) is 6.08 Å². The summed E-state index contributed by atoms with van der Waals surface area (Å²) in [5, 5.41) is 6.92. The molecule has 0 aromatic heterocycles. The van der Waals surface area contributed by atoms with Crippen LogP contribution < -0.4 is 20.1 Å². The van der Waals surface area contributed by atoms with Gasteiger partial charge in [-0.05, 0) is 49.8 Å². The number of nitrogens with one attached hydrogen (secondary N) is 2. The Bertz CT molecular complexity index is 718. The van der Waals surface area contributed by atoms with Crippen LogP contribution in [0.25, 0.3) is 0 Å². The van der Waals surface area contributed by atoms with Crippen LogP contribution in [-0.2, 0) is 0 Å². The number of hydrogen-bond donors (Lipinski definition) is 2. The van der Waals surface area contributed by atoms with Crippen LogP contribution in [0, 0.1) is 6.92 Å². The SMILES string of the molecule is C=CCOc1cccc(NC(=S)N[C@H](C)COc2ccccc2C)c1. The molecule has 0 saturated carbocycles. The summed E-state index contributed by atoms with van der Waals surface area (Å²) in [4.78, 5) is 0. The Labute approximate surface area is 154 Å². The quantitative estimate of drug-likeness (QED) is 0.545. The minimum atomic E-state index is 0.0693. The Kier molecular flexibility index (Phi) is 7.29. The van der Waals surface area contributed by atoms with Crippen LogP contribution in [0.3, 0.4) is 0 Å². The smallest absolute Gasteiger partial charge is 0.171 e. The maximum absolute atomic E-state index is 5.83. The van der Waals surface area contributed by atoms with Gasteiger partial charge in [0.2, 0.25) is 0 Å². The molecule has 2 aromatic rings. The van der Waals surface area contributed by atoms with Gasteiger partial charge in [0.05, 0.1) is 6.04 Å². The van der Waals surface area contributed by atoms with Crippen molar-refractivity contribution < 1.29 is 9.47 Å². The van der Waals surface area contributed by atoms with E-state index in [1.165, 1.54) is 0 Å². The summed E-state index contributed by atoms with van der Waals surface area (Å²) in [7, 11) is 0. The first-order chi connectivity index (χ1) is 12.1. The van der Waals surface area contributed by atoms with Crippen LogP contribution in [0.15, 0.2) is 61.2 Å². The standard InChI is InChI=1S/C20H24N2O2S/c1-4-12-23-18-10-7-9-17(13-18)22-20(25)21-16(3)14-24-19-11-6-5-8-15(19)2/h4-11,13,16H,1,12,14H2,2-3H3,(H2,21,22,25)/t16-/m1/s1. The molecule has 0 spiro atoms. The van der Waals surface area contributed by atoms with Crippen molar-refractivity contribution in [2.24, 2.45) is 0 Å². The van der Waals surface area contributed by atoms with Gasteiger partial charge in [-0.15, -0.1) is 0 Å². The summed E-state index contributed by atoms with van der Waals surface area (Å²) in [6.07, 6.45) is 1.71. The molecule has 0 heterocycles. The molecular formula is C20H24N2O2S. The van der Waals surface area contributed by atoms with Gasteiger partial charge in [-0.3, -0.25) is 0 Å². The fourth-order valence-electron chi connectivity index (χ4n) is 2.18. The molecule has 25 heavy (non-hydrogen) atoms. The fourth-order valence-corrected chi connectivity index (χ4v) is 2.50. The van der Waals surface area contributed by atoms with Crippen molar-refractivity contribution in [2.45, 2.75) is 19.9 Å². The zero-order valence-electron chi connectivity index (χ0n) is 14.6. The van der Waals surface area contributed by atoms with Gasteiger partial charge in [0.1, 0.15) is 24.7 Å². The van der Waals surface area contributed by atoms with Crippen LogP contribution in [0.5, 0.6) is 11.5 Å². The van der Waals surface area contributed by atoms with E-state index in [9.17, 15) is 0 Å². The van der Waals surface area contributed by atoms with Crippen LogP contribution >= 0.6 is 12.2 Å². The maximum atomic E-state index is 5.83. The lowest BCUT2D eigenvalue weighted by molar-refractivity contribution is 0.285. The molecule has 0 unspecified atom stereocenters. The topological polar surface area (TPSA) is 42.5 Å². The third-order valence-electron chi connectivity index (χ3n) is 3.42. The number of rotatable bonds is 8. The predicted octanol–water partition coefficient (Wildman–Crippen LogP) is 4.31. The molecule has 5 heteroatoms. The van der Waals surface area contributed by atoms with Gasteiger partial charge >= 0.3 is 0 Å². The monoisotopic (exact) mass is 356 g/mol. The summed E-state index contributed by atoms with van der Waals surface area (Å²) in [6.45, 7) is 8.69. The van der Waals surface area contributed by atoms with Crippen LogP contribution in [0.1, 0.15) is 12.5 Å². The molecular weight excluding hydrogens is 332 g/mol. The van der Waals surface area contributed by atoms with E-state index < -0.39 is 0 Å². The number of ether oxygens (including phenoxy) is 2. The molecule has 0 bridgehead atoms. The van der Waals surface area contributed by atoms with Gasteiger partial charge < -0.3 is 20.1 Å². The normalized spacial score (nSPS) is 11.3. The number of aryl methyl sites for hydroxylation is 1. The fraction of sp³-hybridized carbons (Fsp3) is 0.250. The summed E-state index contributed by atoms with van der Waals surface area (Å²) < 4.78 is 11.3. The van der Waals surface area contributed by atoms with Crippen LogP contribution in [0.4, 0.5) is 5.69 Å². The molecule has 0 aliphatic rings. The Balaban J connectivity index is 1.81. The maximum Gasteiger partial charge on any atom is 0.171 e. The Morgan fingerprint density at radius 2 is 2.00 bits per heavy atom. The molecule has 4 nitrogen and oxygen atoms in total. The van der Waals surface area contributed by atoms with Gasteiger partial charge in [0.15, 0.2) is 5.11 Å². The summed E-state index contributed by atoms with van der Waals surface area (Å²) in [5.41, 5.74) is 1.98. The van der Waals surface area contributed by atoms with Crippen molar-refractivity contribution in [2.75, 3.05) is 18.5 Å². The molecule has 0 amide bonds. The van der Waals surface area contributed by atoms with E-state index in [1.807, 2.05) is 62.4 Å². The highest BCUT2D eigenvalue weighted by molar-refractivity contribution is 7.80. The second kappa shape index (κ2) is 9.69. The first-order valence-electron chi connectivity index (χ1n) is 8.18. The largest absolute Gasteiger partial charge is 0.491 e. The van der Waals surface area contributed by atoms with Crippen molar-refractivity contribution in [3.63, 3.8) is 0 Å². The third kappa shape index (κ3) is 6.47. The van der Waals surface area contributed by atoms with E-state index in [4.69, 9.17) is 21.7 Å². The molecule has 0 aliphatic heterocycles. The molecule has 0 aliphatic carbocycles. The van der Waals surface area contributed by atoms with Crippen LogP contribution in [0.2, 0.25) is 0 Å². The molecule has 0 radical (unpaired) electrons. The van der Waals surface area contributed by atoms with Crippen molar-refractivity contribution in [1.29, 1.82) is 0 Å². The lowest BCUT2D eigenvalue weighted by Gasteiger charge is -2.18. The van der Waals surface area contributed by atoms with Crippen molar-refractivity contribution in [3.8, 4) is 11.5 Å². The second-order valence-electron chi connectivity index (χ2n) is 5.70. The Hall–Kier alpha value is -2.53.